The monoisotopic (exact) mass is 736 g/mol. The van der Waals surface area contributed by atoms with Crippen LogP contribution in [0, 0.1) is 17.0 Å². The average molecular weight is 737 g/mol. The van der Waals surface area contributed by atoms with Gasteiger partial charge in [0.2, 0.25) is 8.87 Å². The average Bonchev–Trinajstić information content (AvgIpc) is 3.14. The van der Waals surface area contributed by atoms with E-state index in [1.54, 1.807) is 49.4 Å². The van der Waals surface area contributed by atoms with E-state index in [-0.39, 0.29) is 28.9 Å². The van der Waals surface area contributed by atoms with Crippen molar-refractivity contribution in [1.29, 1.82) is 0 Å². The number of rotatable bonds is 14. The molecule has 1 heterocycles. The molecule has 2 aliphatic rings. The number of ether oxygens (including phenoxy) is 2. The van der Waals surface area contributed by atoms with Gasteiger partial charge in [-0.25, -0.2) is 13.2 Å². The summed E-state index contributed by atoms with van der Waals surface area (Å²) in [7, 11) is -1.84. The topological polar surface area (TPSA) is 165 Å². The normalized spacial score (nSPS) is 18.3. The van der Waals surface area contributed by atoms with Crippen LogP contribution in [0.4, 0.5) is 5.69 Å². The molecule has 13 nitrogen and oxygen atoms in total. The number of β-lactam (4-membered cyclic amide) rings is 1. The van der Waals surface area contributed by atoms with Gasteiger partial charge in [-0.15, -0.1) is 0 Å². The Bertz CT molecular complexity index is 1880. The van der Waals surface area contributed by atoms with Gasteiger partial charge in [0, 0.05) is 41.7 Å². The zero-order chi connectivity index (χ0) is 36.7. The number of para-hydroxylation sites is 1. The van der Waals surface area contributed by atoms with Crippen LogP contribution >= 0.6 is 10.8 Å². The molecule has 1 aliphatic carbocycles. The van der Waals surface area contributed by atoms with Gasteiger partial charge in [-0.05, 0) is 68.7 Å². The van der Waals surface area contributed by atoms with Crippen LogP contribution in [-0.4, -0.2) is 72.0 Å². The molecule has 3 aromatic carbocycles. The number of hydrogen-bond donors (Lipinski definition) is 1. The van der Waals surface area contributed by atoms with E-state index in [4.69, 9.17) is 9.47 Å². The summed E-state index contributed by atoms with van der Waals surface area (Å²) in [5.41, 5.74) is 1.44. The Hall–Kier alpha value is -4.89. The van der Waals surface area contributed by atoms with Crippen molar-refractivity contribution in [2.24, 2.45) is 0 Å². The Kier molecular flexibility index (Phi) is 12.0. The first-order valence-electron chi connectivity index (χ1n) is 16.5. The van der Waals surface area contributed by atoms with E-state index >= 15 is 0 Å². The van der Waals surface area contributed by atoms with Crippen molar-refractivity contribution in [3.63, 3.8) is 0 Å². The standard InChI is InChI=1S/C36H40N4O9S2/c1-24-14-20-30(21-15-24)51(46,47)50-35-32(37-31(41)23-48-29-12-8-5-9-13-29)34(42)39(35)33(25(2)38(3)27-10-6-4-7-11-27)36(43)49-22-26-16-18-28(19-17-26)40(44)45/h5,8-9,12-21,27,32,35H,4,6-7,10-11,22-23H2,1-3H3,(H,37,41)/b33-25+. The fourth-order valence-corrected chi connectivity index (χ4v) is 9.43. The predicted molar refractivity (Wildman–Crippen MR) is 191 cm³/mol. The third kappa shape index (κ3) is 9.08. The number of hydrogen-bond acceptors (Lipinski definition) is 11. The summed E-state index contributed by atoms with van der Waals surface area (Å²) in [4.78, 5) is 54.7. The van der Waals surface area contributed by atoms with Gasteiger partial charge in [0.15, 0.2) is 6.61 Å². The maximum absolute atomic E-state index is 14.0. The van der Waals surface area contributed by atoms with Crippen LogP contribution in [0.3, 0.4) is 0 Å². The van der Waals surface area contributed by atoms with Crippen molar-refractivity contribution in [2.45, 2.75) is 74.9 Å². The number of nitrogens with zero attached hydrogens (tertiary/aromatic N) is 3. The molecule has 2 atom stereocenters. The molecule has 2 unspecified atom stereocenters. The highest BCUT2D eigenvalue weighted by molar-refractivity contribution is 8.72. The number of amides is 2. The van der Waals surface area contributed by atoms with Gasteiger partial charge in [0.1, 0.15) is 29.5 Å². The number of nitro groups is 1. The molecule has 5 rings (SSSR count). The minimum Gasteiger partial charge on any atom is -0.484 e. The van der Waals surface area contributed by atoms with Crippen LogP contribution in [0.2, 0.25) is 0 Å². The summed E-state index contributed by atoms with van der Waals surface area (Å²) in [6.45, 7) is 2.81. The summed E-state index contributed by atoms with van der Waals surface area (Å²) >= 11 is 0. The number of nitro benzene ring substituents is 1. The Morgan fingerprint density at radius 3 is 2.27 bits per heavy atom. The van der Waals surface area contributed by atoms with E-state index in [1.165, 1.54) is 36.4 Å². The number of benzene rings is 3. The lowest BCUT2D eigenvalue weighted by Crippen LogP contribution is -2.70. The highest BCUT2D eigenvalue weighted by Crippen LogP contribution is 2.41. The maximum Gasteiger partial charge on any atom is 0.357 e. The summed E-state index contributed by atoms with van der Waals surface area (Å²) in [6.07, 6.45) is 4.82. The third-order valence-corrected chi connectivity index (χ3v) is 12.7. The van der Waals surface area contributed by atoms with Gasteiger partial charge in [0.05, 0.1) is 9.82 Å². The lowest BCUT2D eigenvalue weighted by molar-refractivity contribution is -0.384. The first kappa shape index (κ1) is 37.4. The Morgan fingerprint density at radius 2 is 1.65 bits per heavy atom. The number of non-ortho nitro benzene ring substituents is 1. The van der Waals surface area contributed by atoms with Crippen LogP contribution in [0.25, 0.3) is 0 Å². The highest BCUT2D eigenvalue weighted by atomic mass is 33.1. The second-order valence-corrected chi connectivity index (χ2v) is 16.4. The van der Waals surface area contributed by atoms with E-state index in [1.807, 2.05) is 18.9 Å². The molecule has 0 spiro atoms. The summed E-state index contributed by atoms with van der Waals surface area (Å²) in [6, 6.07) is 19.1. The predicted octanol–water partition coefficient (Wildman–Crippen LogP) is 5.30. The smallest absolute Gasteiger partial charge is 0.357 e. The molecule has 0 aromatic heterocycles. The third-order valence-electron chi connectivity index (χ3n) is 8.95. The van der Waals surface area contributed by atoms with Gasteiger partial charge in [-0.1, -0.05) is 55.2 Å². The summed E-state index contributed by atoms with van der Waals surface area (Å²) in [5.74, 6) is -1.81. The highest BCUT2D eigenvalue weighted by Gasteiger charge is 2.55. The maximum atomic E-state index is 14.0. The Morgan fingerprint density at radius 1 is 1.00 bits per heavy atom. The fraction of sp³-hybridized carbons (Fsp3) is 0.361. The lowest BCUT2D eigenvalue weighted by Gasteiger charge is -2.47. The largest absolute Gasteiger partial charge is 0.484 e. The van der Waals surface area contributed by atoms with Crippen molar-refractivity contribution >= 4 is 43.1 Å². The van der Waals surface area contributed by atoms with Crippen molar-refractivity contribution in [2.75, 3.05) is 13.7 Å². The van der Waals surface area contributed by atoms with Crippen LogP contribution < -0.4 is 10.1 Å². The van der Waals surface area contributed by atoms with Gasteiger partial charge in [0.25, 0.3) is 17.5 Å². The number of nitrogens with one attached hydrogen (secondary N) is 1. The van der Waals surface area contributed by atoms with Gasteiger partial charge in [-0.2, -0.15) is 0 Å². The molecule has 1 aliphatic heterocycles. The molecule has 1 saturated heterocycles. The van der Waals surface area contributed by atoms with Crippen molar-refractivity contribution in [3.8, 4) is 5.75 Å². The number of carbonyl (C=O) groups excluding carboxylic acids is 3. The Labute approximate surface area is 300 Å². The summed E-state index contributed by atoms with van der Waals surface area (Å²) in [5, 5.41) is 12.5. The molecule has 2 amide bonds. The van der Waals surface area contributed by atoms with Crippen LogP contribution in [0.15, 0.2) is 95.2 Å². The van der Waals surface area contributed by atoms with E-state index < -0.39 is 49.6 Å². The zero-order valence-corrected chi connectivity index (χ0v) is 30.2. The number of aryl methyl sites for hydroxylation is 1. The van der Waals surface area contributed by atoms with Crippen molar-refractivity contribution in [3.05, 3.63) is 111 Å². The van der Waals surface area contributed by atoms with Crippen LogP contribution in [-0.2, 0) is 34.6 Å². The second-order valence-electron chi connectivity index (χ2n) is 12.4. The van der Waals surface area contributed by atoms with E-state index in [2.05, 4.69) is 5.32 Å². The van der Waals surface area contributed by atoms with Crippen molar-refractivity contribution in [1.82, 2.24) is 15.1 Å². The molecular weight excluding hydrogens is 697 g/mol. The SMILES string of the molecule is C/C(=C(/C(=O)OCc1ccc([N+](=O)[O-])cc1)N1C(=O)C(NC(=O)COc2ccccc2)C1SS(=O)(=O)c1ccc(C)cc1)N(C)C1CCCCC1. The summed E-state index contributed by atoms with van der Waals surface area (Å²) < 4.78 is 38.8. The molecule has 270 valence electrons. The Balaban J connectivity index is 1.47. The number of allylic oxidation sites excluding steroid dienone is 1. The molecule has 0 bridgehead atoms. The minimum atomic E-state index is -4.11. The zero-order valence-electron chi connectivity index (χ0n) is 28.5. The van der Waals surface area contributed by atoms with Crippen LogP contribution in [0.1, 0.15) is 50.2 Å². The van der Waals surface area contributed by atoms with Gasteiger partial charge >= 0.3 is 5.97 Å². The first-order valence-corrected chi connectivity index (χ1v) is 19.4. The van der Waals surface area contributed by atoms with Crippen molar-refractivity contribution < 1.29 is 37.2 Å². The van der Waals surface area contributed by atoms with E-state index in [0.29, 0.717) is 27.8 Å². The van der Waals surface area contributed by atoms with E-state index in [9.17, 15) is 32.9 Å². The molecule has 1 saturated carbocycles. The molecule has 3 aromatic rings. The quantitative estimate of drug-likeness (QED) is 0.0571. The molecule has 2 fully saturated rings. The number of likely N-dealkylation sites (tertiary alicyclic amines) is 1. The van der Waals surface area contributed by atoms with Crippen LogP contribution in [0.5, 0.6) is 5.75 Å². The molecule has 1 N–H and O–H groups in total. The fourth-order valence-electron chi connectivity index (χ4n) is 5.96. The van der Waals surface area contributed by atoms with E-state index in [0.717, 1.165) is 42.6 Å². The second kappa shape index (κ2) is 16.4. The van der Waals surface area contributed by atoms with Gasteiger partial charge < -0.3 is 19.7 Å². The molecule has 51 heavy (non-hydrogen) atoms. The first-order chi connectivity index (χ1) is 24.4. The number of esters is 1. The van der Waals surface area contributed by atoms with Gasteiger partial charge in [-0.3, -0.25) is 24.6 Å². The number of carbonyl (C=O) groups is 3. The lowest BCUT2D eigenvalue weighted by atomic mass is 9.94. The molecule has 0 radical (unpaired) electrons. The minimum absolute atomic E-state index is 0.00258. The molecular formula is C36H40N4O9S2. The molecule has 15 heteroatoms.